The average molecular weight is 879 g/mol. The van der Waals surface area contributed by atoms with Crippen LogP contribution in [0, 0.1) is 0 Å². The highest BCUT2D eigenvalue weighted by molar-refractivity contribution is 7.48. The molecule has 332 valence electrons. The predicted octanol–water partition coefficient (Wildman–Crippen LogP) is 10.8. The molecule has 2 aliphatic rings. The van der Waals surface area contributed by atoms with Gasteiger partial charge >= 0.3 is 19.9 Å². The molecule has 0 N–H and O–H groups in total. The largest absolute Gasteiger partial charge is 0.508 e. The zero-order valence-corrected chi connectivity index (χ0v) is 36.6. The third-order valence-electron chi connectivity index (χ3n) is 10.8. The van der Waals surface area contributed by atoms with Crippen LogP contribution in [0.25, 0.3) is 11.1 Å². The number of phosphoric acid groups is 1. The second-order valence-electron chi connectivity index (χ2n) is 15.3. The summed E-state index contributed by atoms with van der Waals surface area (Å²) in [6.45, 7) is 4.11. The highest BCUT2D eigenvalue weighted by Crippen LogP contribution is 2.53. The van der Waals surface area contributed by atoms with Gasteiger partial charge in [-0.1, -0.05) is 154 Å². The molecule has 0 amide bonds. The Bertz CT molecular complexity index is 2180. The minimum absolute atomic E-state index is 0.00256. The van der Waals surface area contributed by atoms with Crippen molar-refractivity contribution in [2.45, 2.75) is 89.4 Å². The van der Waals surface area contributed by atoms with Crippen molar-refractivity contribution in [2.75, 3.05) is 26.4 Å². The third-order valence-corrected chi connectivity index (χ3v) is 12.3. The summed E-state index contributed by atoms with van der Waals surface area (Å²) in [5.41, 5.74) is 6.10. The van der Waals surface area contributed by atoms with Gasteiger partial charge in [0.2, 0.25) is 6.29 Å². The first-order valence-corrected chi connectivity index (χ1v) is 23.1. The van der Waals surface area contributed by atoms with Crippen molar-refractivity contribution in [2.24, 2.45) is 0 Å². The van der Waals surface area contributed by atoms with Crippen LogP contribution in [0.4, 0.5) is 4.79 Å². The fraction of sp³-hybridized carbons (Fsp3) is 0.360. The molecule has 1 aliphatic carbocycles. The van der Waals surface area contributed by atoms with Gasteiger partial charge in [0.1, 0.15) is 18.8 Å². The number of benzene rings is 5. The Kier molecular flexibility index (Phi) is 16.7. The number of hydrogen-bond acceptors (Lipinski definition) is 12. The molecule has 5 atom stereocenters. The number of phosphoric ester groups is 1. The van der Waals surface area contributed by atoms with Crippen molar-refractivity contribution in [3.63, 3.8) is 0 Å². The van der Waals surface area contributed by atoms with Gasteiger partial charge in [-0.2, -0.15) is 0 Å². The lowest BCUT2D eigenvalue weighted by atomic mass is 9.98. The molecular weight excluding hydrogens is 824 g/mol. The number of rotatable bonds is 22. The summed E-state index contributed by atoms with van der Waals surface area (Å²) in [5, 5.41) is 0. The Hall–Kier alpha value is -5.17. The number of fused-ring (bicyclic) bond motifs is 3. The van der Waals surface area contributed by atoms with Gasteiger partial charge in [-0.15, -0.1) is 0 Å². The fourth-order valence-corrected chi connectivity index (χ4v) is 8.88. The zero-order valence-electron chi connectivity index (χ0n) is 35.7. The van der Waals surface area contributed by atoms with Crippen molar-refractivity contribution in [1.82, 2.24) is 0 Å². The van der Waals surface area contributed by atoms with E-state index in [0.717, 1.165) is 46.2 Å². The standard InChI is InChI=1S/C50H55O12P/c1-3-5-30-57-63(53,58-31-6-4-2)62-49-47(60-48(51)38-24-14-9-15-25-38)46(55-33-37-22-12-8-13-23-37)45(44(59-49)35-54-32-36-20-10-7-11-21-36)61-50(52)56-34-43-41-28-18-16-26-39(41)40-27-17-19-29-42(40)43/h7-29,43-47,49H,3-6,30-35H2,1-2H3/t44-,45+,46+,47-,49?/m1/s1. The van der Waals surface area contributed by atoms with Crippen LogP contribution < -0.4 is 0 Å². The summed E-state index contributed by atoms with van der Waals surface area (Å²) in [4.78, 5) is 28.1. The molecule has 13 heteroatoms. The van der Waals surface area contributed by atoms with Gasteiger partial charge in [-0.05, 0) is 58.4 Å². The molecule has 7 rings (SSSR count). The van der Waals surface area contributed by atoms with Gasteiger partial charge in [0, 0.05) is 5.92 Å². The highest BCUT2D eigenvalue weighted by atomic mass is 31.2. The van der Waals surface area contributed by atoms with Crippen molar-refractivity contribution in [3.05, 3.63) is 167 Å². The van der Waals surface area contributed by atoms with E-state index in [1.807, 2.05) is 111 Å². The first-order chi connectivity index (χ1) is 30.9. The van der Waals surface area contributed by atoms with E-state index in [9.17, 15) is 14.2 Å². The van der Waals surface area contributed by atoms with Crippen molar-refractivity contribution in [1.29, 1.82) is 0 Å². The summed E-state index contributed by atoms with van der Waals surface area (Å²) in [5.74, 6) is -0.993. The molecule has 12 nitrogen and oxygen atoms in total. The van der Waals surface area contributed by atoms with Crippen LogP contribution >= 0.6 is 7.82 Å². The maximum atomic E-state index is 14.5. The van der Waals surface area contributed by atoms with Crippen LogP contribution in [0.15, 0.2) is 140 Å². The van der Waals surface area contributed by atoms with Crippen molar-refractivity contribution < 1.29 is 56.1 Å². The van der Waals surface area contributed by atoms with E-state index in [4.69, 9.17) is 42.0 Å². The van der Waals surface area contributed by atoms with Crippen LogP contribution in [0.1, 0.15) is 78.1 Å². The first-order valence-electron chi connectivity index (χ1n) is 21.6. The Labute approximate surface area is 369 Å². The number of carbonyl (C=O) groups excluding carboxylic acids is 2. The van der Waals surface area contributed by atoms with Gasteiger partial charge in [0.25, 0.3) is 0 Å². The van der Waals surface area contributed by atoms with Crippen molar-refractivity contribution in [3.8, 4) is 11.1 Å². The average Bonchev–Trinajstić information content (AvgIpc) is 3.63. The molecule has 1 saturated heterocycles. The van der Waals surface area contributed by atoms with Gasteiger partial charge in [-0.25, -0.2) is 14.2 Å². The van der Waals surface area contributed by atoms with Gasteiger partial charge < -0.3 is 28.4 Å². The molecule has 0 spiro atoms. The monoisotopic (exact) mass is 878 g/mol. The Morgan fingerprint density at radius 1 is 0.603 bits per heavy atom. The van der Waals surface area contributed by atoms with Crippen LogP contribution in [-0.4, -0.2) is 69.3 Å². The summed E-state index contributed by atoms with van der Waals surface area (Å²) in [7, 11) is -4.37. The van der Waals surface area contributed by atoms with E-state index in [1.165, 1.54) is 0 Å². The van der Waals surface area contributed by atoms with E-state index in [-0.39, 0.29) is 51.1 Å². The summed E-state index contributed by atoms with van der Waals surface area (Å²) < 4.78 is 70.2. The molecule has 1 heterocycles. The third kappa shape index (κ3) is 12.3. The molecule has 0 aromatic heterocycles. The lowest BCUT2D eigenvalue weighted by molar-refractivity contribution is -0.293. The summed E-state index contributed by atoms with van der Waals surface area (Å²) in [6.07, 6.45) is -5.15. The summed E-state index contributed by atoms with van der Waals surface area (Å²) >= 11 is 0. The number of ether oxygens (including phenoxy) is 6. The zero-order chi connectivity index (χ0) is 43.9. The maximum absolute atomic E-state index is 14.5. The van der Waals surface area contributed by atoms with Crippen molar-refractivity contribution >= 4 is 19.9 Å². The Morgan fingerprint density at radius 3 is 1.73 bits per heavy atom. The van der Waals surface area contributed by atoms with Gasteiger partial charge in [0.15, 0.2) is 12.2 Å². The quantitative estimate of drug-likeness (QED) is 0.0372. The SMILES string of the molecule is CCCCOP(=O)(OCCCC)OC1O[C@H](COCc2ccccc2)[C@H](OC(=O)OCC2c3ccccc3-c3ccccc32)[C@H](OCc2ccccc2)[C@H]1OC(=O)c1ccccc1. The van der Waals surface area contributed by atoms with E-state index in [0.29, 0.717) is 12.8 Å². The molecule has 1 unspecified atom stereocenters. The molecule has 1 fully saturated rings. The number of hydrogen-bond donors (Lipinski definition) is 0. The highest BCUT2D eigenvalue weighted by Gasteiger charge is 2.54. The molecule has 0 bridgehead atoms. The minimum atomic E-state index is -4.37. The molecule has 5 aromatic carbocycles. The smallest absolute Gasteiger partial charge is 0.450 e. The van der Waals surface area contributed by atoms with E-state index >= 15 is 0 Å². The Balaban J connectivity index is 1.23. The molecule has 1 aliphatic heterocycles. The lowest BCUT2D eigenvalue weighted by Crippen LogP contribution is -2.62. The molecular formula is C50H55O12P. The number of unbranched alkanes of at least 4 members (excludes halogenated alkanes) is 2. The molecule has 5 aromatic rings. The first kappa shape index (κ1) is 45.8. The lowest BCUT2D eigenvalue weighted by Gasteiger charge is -2.45. The van der Waals surface area contributed by atoms with E-state index in [2.05, 4.69) is 12.1 Å². The minimum Gasteiger partial charge on any atom is -0.450 e. The number of esters is 1. The van der Waals surface area contributed by atoms with Crippen LogP contribution in [0.2, 0.25) is 0 Å². The van der Waals surface area contributed by atoms with Gasteiger partial charge in [0.05, 0.1) is 38.6 Å². The van der Waals surface area contributed by atoms with E-state index < -0.39 is 50.7 Å². The van der Waals surface area contributed by atoms with Gasteiger partial charge in [-0.3, -0.25) is 13.6 Å². The fourth-order valence-electron chi connectivity index (χ4n) is 7.56. The number of carbonyl (C=O) groups is 2. The topological polar surface area (TPSA) is 134 Å². The van der Waals surface area contributed by atoms with E-state index in [1.54, 1.807) is 30.3 Å². The van der Waals surface area contributed by atoms with Crippen LogP contribution in [0.3, 0.4) is 0 Å². The predicted molar refractivity (Wildman–Crippen MR) is 236 cm³/mol. The molecule has 0 radical (unpaired) electrons. The summed E-state index contributed by atoms with van der Waals surface area (Å²) in [6, 6.07) is 43.3. The second kappa shape index (κ2) is 23.0. The second-order valence-corrected chi connectivity index (χ2v) is 17.0. The van der Waals surface area contributed by atoms with Crippen LogP contribution in [-0.2, 0) is 59.8 Å². The normalized spacial score (nSPS) is 19.5. The molecule has 0 saturated carbocycles. The maximum Gasteiger partial charge on any atom is 0.508 e. The Morgan fingerprint density at radius 2 is 1.14 bits per heavy atom. The van der Waals surface area contributed by atoms with Crippen LogP contribution in [0.5, 0.6) is 0 Å². The molecule has 63 heavy (non-hydrogen) atoms.